The average molecular weight is 334 g/mol. The van der Waals surface area contributed by atoms with E-state index < -0.39 is 6.10 Å². The van der Waals surface area contributed by atoms with Crippen molar-refractivity contribution in [3.8, 4) is 11.5 Å². The topological polar surface area (TPSA) is 47.6 Å². The molecule has 4 nitrogen and oxygen atoms in total. The Hall–Kier alpha value is -2.20. The molecule has 1 amide bonds. The minimum atomic E-state index is -0.488. The van der Waals surface area contributed by atoms with Gasteiger partial charge in [0.15, 0.2) is 6.10 Å². The number of rotatable bonds is 7. The Bertz CT molecular complexity index is 643. The van der Waals surface area contributed by atoms with Crippen molar-refractivity contribution >= 4 is 17.5 Å². The van der Waals surface area contributed by atoms with Crippen LogP contribution in [0.5, 0.6) is 11.5 Å². The van der Waals surface area contributed by atoms with Crippen molar-refractivity contribution in [2.75, 3.05) is 7.05 Å². The van der Waals surface area contributed by atoms with E-state index in [1.165, 1.54) is 0 Å². The average Bonchev–Trinajstić information content (AvgIpc) is 2.58. The Balaban J connectivity index is 1.92. The predicted octanol–water partition coefficient (Wildman–Crippen LogP) is 3.82. The number of hydrogen-bond donors (Lipinski definition) is 1. The third kappa shape index (κ3) is 5.18. The SMILES string of the molecule is CCC(Oc1ccc(OCc2cccc(Cl)c2)cc1)C(=O)NC. The molecule has 0 spiro atoms. The quantitative estimate of drug-likeness (QED) is 0.837. The zero-order chi connectivity index (χ0) is 16.7. The molecule has 122 valence electrons. The molecule has 0 aromatic heterocycles. The molecule has 23 heavy (non-hydrogen) atoms. The number of likely N-dealkylation sites (N-methyl/N-ethyl adjacent to an activating group) is 1. The van der Waals surface area contributed by atoms with Crippen LogP contribution < -0.4 is 14.8 Å². The lowest BCUT2D eigenvalue weighted by molar-refractivity contribution is -0.127. The van der Waals surface area contributed by atoms with Crippen LogP contribution >= 0.6 is 11.6 Å². The molecule has 2 rings (SSSR count). The summed E-state index contributed by atoms with van der Waals surface area (Å²) in [5, 5.41) is 3.28. The summed E-state index contributed by atoms with van der Waals surface area (Å²) in [4.78, 5) is 11.6. The van der Waals surface area contributed by atoms with Gasteiger partial charge in [-0.25, -0.2) is 0 Å². The fraction of sp³-hybridized carbons (Fsp3) is 0.278. The molecule has 0 aliphatic rings. The second-order valence-electron chi connectivity index (χ2n) is 5.02. The van der Waals surface area contributed by atoms with Crippen molar-refractivity contribution in [3.63, 3.8) is 0 Å². The summed E-state index contributed by atoms with van der Waals surface area (Å²) in [5.41, 5.74) is 1.00. The molecule has 1 unspecified atom stereocenters. The van der Waals surface area contributed by atoms with E-state index in [0.717, 1.165) is 11.3 Å². The number of hydrogen-bond acceptors (Lipinski definition) is 3. The largest absolute Gasteiger partial charge is 0.489 e. The van der Waals surface area contributed by atoms with Crippen molar-refractivity contribution in [1.29, 1.82) is 0 Å². The highest BCUT2D eigenvalue weighted by molar-refractivity contribution is 6.30. The number of amides is 1. The minimum absolute atomic E-state index is 0.131. The Kier molecular flexibility index (Phi) is 6.29. The minimum Gasteiger partial charge on any atom is -0.489 e. The van der Waals surface area contributed by atoms with E-state index in [1.807, 2.05) is 43.3 Å². The first-order chi connectivity index (χ1) is 11.1. The summed E-state index contributed by atoms with van der Waals surface area (Å²) in [6.45, 7) is 2.35. The molecular weight excluding hydrogens is 314 g/mol. The fourth-order valence-electron chi connectivity index (χ4n) is 2.06. The van der Waals surface area contributed by atoms with Crippen LogP contribution in [0.25, 0.3) is 0 Å². The van der Waals surface area contributed by atoms with E-state index in [4.69, 9.17) is 21.1 Å². The van der Waals surface area contributed by atoms with Crippen molar-refractivity contribution in [1.82, 2.24) is 5.32 Å². The van der Waals surface area contributed by atoms with Crippen LogP contribution in [-0.4, -0.2) is 19.1 Å². The highest BCUT2D eigenvalue weighted by Gasteiger charge is 2.16. The van der Waals surface area contributed by atoms with Gasteiger partial charge in [-0.1, -0.05) is 30.7 Å². The van der Waals surface area contributed by atoms with E-state index in [9.17, 15) is 4.79 Å². The molecule has 0 radical (unpaired) electrons. The number of nitrogens with one attached hydrogen (secondary N) is 1. The van der Waals surface area contributed by atoms with Gasteiger partial charge in [-0.15, -0.1) is 0 Å². The number of halogens is 1. The van der Waals surface area contributed by atoms with Gasteiger partial charge in [0.25, 0.3) is 5.91 Å². The first kappa shape index (κ1) is 17.2. The monoisotopic (exact) mass is 333 g/mol. The maximum Gasteiger partial charge on any atom is 0.260 e. The lowest BCUT2D eigenvalue weighted by Gasteiger charge is -2.16. The second-order valence-corrected chi connectivity index (χ2v) is 5.46. The van der Waals surface area contributed by atoms with Gasteiger partial charge in [0.1, 0.15) is 18.1 Å². The van der Waals surface area contributed by atoms with Crippen molar-refractivity contribution < 1.29 is 14.3 Å². The second kappa shape index (κ2) is 8.44. The first-order valence-corrected chi connectivity index (χ1v) is 7.85. The number of carbonyl (C=O) groups is 1. The molecule has 2 aromatic rings. The van der Waals surface area contributed by atoms with E-state index in [-0.39, 0.29) is 5.91 Å². The summed E-state index contributed by atoms with van der Waals surface area (Å²) in [7, 11) is 1.60. The molecule has 5 heteroatoms. The van der Waals surface area contributed by atoms with Crippen LogP contribution in [-0.2, 0) is 11.4 Å². The Morgan fingerprint density at radius 3 is 2.48 bits per heavy atom. The summed E-state index contributed by atoms with van der Waals surface area (Å²) in [5.74, 6) is 1.23. The molecule has 0 saturated carbocycles. The van der Waals surface area contributed by atoms with Gasteiger partial charge in [-0.3, -0.25) is 4.79 Å². The Morgan fingerprint density at radius 2 is 1.87 bits per heavy atom. The van der Waals surface area contributed by atoms with Crippen LogP contribution in [0, 0.1) is 0 Å². The van der Waals surface area contributed by atoms with Crippen molar-refractivity contribution in [3.05, 3.63) is 59.1 Å². The Labute approximate surface area is 141 Å². The van der Waals surface area contributed by atoms with E-state index in [2.05, 4.69) is 5.32 Å². The summed E-state index contributed by atoms with van der Waals surface area (Å²) in [6, 6.07) is 14.8. The molecule has 2 aromatic carbocycles. The molecule has 0 saturated heterocycles. The van der Waals surface area contributed by atoms with Crippen LogP contribution in [0.3, 0.4) is 0 Å². The van der Waals surface area contributed by atoms with E-state index >= 15 is 0 Å². The normalized spacial score (nSPS) is 11.6. The standard InChI is InChI=1S/C18H20ClNO3/c1-3-17(18(21)20-2)23-16-9-7-15(8-10-16)22-12-13-5-4-6-14(19)11-13/h4-11,17H,3,12H2,1-2H3,(H,20,21). The molecule has 0 aliphatic heterocycles. The van der Waals surface area contributed by atoms with Gasteiger partial charge >= 0.3 is 0 Å². The Morgan fingerprint density at radius 1 is 1.17 bits per heavy atom. The third-order valence-electron chi connectivity index (χ3n) is 3.31. The third-order valence-corrected chi connectivity index (χ3v) is 3.54. The van der Waals surface area contributed by atoms with Gasteiger partial charge in [-0.05, 0) is 48.4 Å². The highest BCUT2D eigenvalue weighted by Crippen LogP contribution is 2.21. The predicted molar refractivity (Wildman–Crippen MR) is 91.0 cm³/mol. The molecular formula is C18H20ClNO3. The molecule has 1 atom stereocenters. The summed E-state index contributed by atoms with van der Waals surface area (Å²) < 4.78 is 11.4. The molecule has 0 aliphatic carbocycles. The van der Waals surface area contributed by atoms with Crippen LogP contribution in [0.4, 0.5) is 0 Å². The summed E-state index contributed by atoms with van der Waals surface area (Å²) >= 11 is 5.94. The molecule has 0 bridgehead atoms. The van der Waals surface area contributed by atoms with Gasteiger partial charge in [0.2, 0.25) is 0 Å². The van der Waals surface area contributed by atoms with Gasteiger partial charge < -0.3 is 14.8 Å². The number of carbonyl (C=O) groups excluding carboxylic acids is 1. The molecule has 0 heterocycles. The maximum absolute atomic E-state index is 11.6. The van der Waals surface area contributed by atoms with E-state index in [0.29, 0.717) is 23.8 Å². The number of benzene rings is 2. The van der Waals surface area contributed by atoms with Crippen molar-refractivity contribution in [2.24, 2.45) is 0 Å². The van der Waals surface area contributed by atoms with Gasteiger partial charge in [0, 0.05) is 12.1 Å². The van der Waals surface area contributed by atoms with Crippen LogP contribution in [0.2, 0.25) is 5.02 Å². The molecule has 1 N–H and O–H groups in total. The van der Waals surface area contributed by atoms with E-state index in [1.54, 1.807) is 19.2 Å². The maximum atomic E-state index is 11.6. The van der Waals surface area contributed by atoms with Gasteiger partial charge in [0.05, 0.1) is 0 Å². The highest BCUT2D eigenvalue weighted by atomic mass is 35.5. The fourth-order valence-corrected chi connectivity index (χ4v) is 2.27. The van der Waals surface area contributed by atoms with Crippen LogP contribution in [0.15, 0.2) is 48.5 Å². The van der Waals surface area contributed by atoms with Gasteiger partial charge in [-0.2, -0.15) is 0 Å². The lowest BCUT2D eigenvalue weighted by atomic mass is 10.2. The number of ether oxygens (including phenoxy) is 2. The zero-order valence-corrected chi connectivity index (χ0v) is 14.0. The lowest BCUT2D eigenvalue weighted by Crippen LogP contribution is -2.35. The zero-order valence-electron chi connectivity index (χ0n) is 13.2. The smallest absolute Gasteiger partial charge is 0.260 e. The molecule has 0 fully saturated rings. The van der Waals surface area contributed by atoms with Crippen molar-refractivity contribution in [2.45, 2.75) is 26.1 Å². The van der Waals surface area contributed by atoms with Crippen LogP contribution in [0.1, 0.15) is 18.9 Å². The summed E-state index contributed by atoms with van der Waals surface area (Å²) in [6.07, 6.45) is 0.116. The first-order valence-electron chi connectivity index (χ1n) is 7.48.